The monoisotopic (exact) mass is 389 g/mol. The van der Waals surface area contributed by atoms with Crippen LogP contribution >= 0.6 is 0 Å². The van der Waals surface area contributed by atoms with Gasteiger partial charge in [-0.25, -0.2) is 0 Å². The molecule has 1 aromatic carbocycles. The van der Waals surface area contributed by atoms with E-state index in [0.717, 1.165) is 10.2 Å². The zero-order valence-electron chi connectivity index (χ0n) is 14.0. The van der Waals surface area contributed by atoms with Gasteiger partial charge in [0.2, 0.25) is 0 Å². The van der Waals surface area contributed by atoms with Crippen molar-refractivity contribution in [2.45, 2.75) is 37.7 Å². The van der Waals surface area contributed by atoms with Crippen molar-refractivity contribution in [2.24, 2.45) is 0 Å². The van der Waals surface area contributed by atoms with Crippen molar-refractivity contribution >= 4 is 31.5 Å². The molecular weight excluding hydrogens is 365 g/mol. The van der Waals surface area contributed by atoms with Crippen LogP contribution in [0.4, 0.5) is 4.79 Å². The number of hydrogen-bond donors (Lipinski definition) is 1. The third-order valence-corrected chi connectivity index (χ3v) is 4.97. The number of ether oxygens (including phenoxy) is 3. The maximum atomic E-state index is 11.8. The Balaban J connectivity index is 2.63. The van der Waals surface area contributed by atoms with Crippen molar-refractivity contribution in [3.63, 3.8) is 0 Å². The van der Waals surface area contributed by atoms with E-state index in [-0.39, 0.29) is 15.0 Å². The van der Waals surface area contributed by atoms with Crippen LogP contribution in [0.3, 0.4) is 0 Å². The second kappa shape index (κ2) is 8.79. The number of carbonyl (C=O) groups excluding carboxylic acids is 2. The molecule has 128 valence electrons. The molecule has 6 nitrogen and oxygen atoms in total. The molecule has 0 saturated heterocycles. The standard InChI is InChI=1S/C16H23NO5Se/c1-16(2,3)22-15(19)17-13(14(18)21-5)10-23-12-8-6-11(20-4)7-9-12/h6-9,13H,10H2,1-5H3,(H,17,19)/t13-/m0/s1. The predicted molar refractivity (Wildman–Crippen MR) is 88.4 cm³/mol. The Morgan fingerprint density at radius 2 is 1.78 bits per heavy atom. The van der Waals surface area contributed by atoms with Crippen LogP contribution in [0.15, 0.2) is 24.3 Å². The fourth-order valence-corrected chi connectivity index (χ4v) is 3.52. The molecule has 0 heterocycles. The molecule has 0 aromatic heterocycles. The molecule has 0 radical (unpaired) electrons. The number of carbonyl (C=O) groups is 2. The van der Waals surface area contributed by atoms with E-state index >= 15 is 0 Å². The zero-order valence-corrected chi connectivity index (χ0v) is 15.8. The van der Waals surface area contributed by atoms with Crippen LogP contribution in [0.2, 0.25) is 5.32 Å². The van der Waals surface area contributed by atoms with E-state index in [9.17, 15) is 9.59 Å². The van der Waals surface area contributed by atoms with E-state index in [0.29, 0.717) is 5.32 Å². The van der Waals surface area contributed by atoms with Crippen LogP contribution in [0.1, 0.15) is 20.8 Å². The number of alkyl carbamates (subject to hydrolysis) is 1. The molecule has 1 N–H and O–H groups in total. The molecule has 0 aliphatic rings. The van der Waals surface area contributed by atoms with Gasteiger partial charge in [0.15, 0.2) is 0 Å². The zero-order chi connectivity index (χ0) is 17.5. The van der Waals surface area contributed by atoms with Crippen LogP contribution in [0.25, 0.3) is 0 Å². The van der Waals surface area contributed by atoms with Crippen molar-refractivity contribution in [3.8, 4) is 5.75 Å². The normalized spacial score (nSPS) is 12.2. The molecule has 7 heteroatoms. The quantitative estimate of drug-likeness (QED) is 0.591. The Hall–Kier alpha value is -1.72. The number of hydrogen-bond acceptors (Lipinski definition) is 5. The molecule has 1 rings (SSSR count). The summed E-state index contributed by atoms with van der Waals surface area (Å²) in [6, 6.07) is 6.90. The maximum absolute atomic E-state index is 11.8. The van der Waals surface area contributed by atoms with Crippen LogP contribution in [-0.4, -0.2) is 52.9 Å². The predicted octanol–water partition coefficient (Wildman–Crippen LogP) is 1.51. The number of amides is 1. The van der Waals surface area contributed by atoms with E-state index in [4.69, 9.17) is 14.2 Å². The minimum atomic E-state index is -0.725. The third kappa shape index (κ3) is 7.39. The molecule has 1 atom stereocenters. The summed E-state index contributed by atoms with van der Waals surface area (Å²) in [6.45, 7) is 5.29. The van der Waals surface area contributed by atoms with Gasteiger partial charge < -0.3 is 0 Å². The van der Waals surface area contributed by atoms with Crippen LogP contribution in [0, 0.1) is 0 Å². The molecule has 0 saturated carbocycles. The van der Waals surface area contributed by atoms with Gasteiger partial charge in [-0.3, -0.25) is 0 Å². The van der Waals surface area contributed by atoms with Gasteiger partial charge in [-0.05, 0) is 0 Å². The van der Waals surface area contributed by atoms with Gasteiger partial charge in [-0.15, -0.1) is 0 Å². The number of benzene rings is 1. The molecule has 0 fully saturated rings. The molecular formula is C16H23NO5Se. The summed E-state index contributed by atoms with van der Waals surface area (Å²) in [5.74, 6) is 0.298. The summed E-state index contributed by atoms with van der Waals surface area (Å²) in [7, 11) is 2.91. The van der Waals surface area contributed by atoms with Gasteiger partial charge in [0.05, 0.1) is 0 Å². The van der Waals surface area contributed by atoms with Gasteiger partial charge in [-0.2, -0.15) is 0 Å². The fourth-order valence-electron chi connectivity index (χ4n) is 1.61. The second-order valence-corrected chi connectivity index (χ2v) is 8.00. The first kappa shape index (κ1) is 19.3. The molecule has 1 amide bonds. The minimum absolute atomic E-state index is 0.000139. The summed E-state index contributed by atoms with van der Waals surface area (Å²) in [6.07, 6.45) is -0.626. The summed E-state index contributed by atoms with van der Waals surface area (Å²) >= 11 is 0.000139. The third-order valence-electron chi connectivity index (χ3n) is 2.65. The molecule has 0 bridgehead atoms. The fraction of sp³-hybridized carbons (Fsp3) is 0.500. The van der Waals surface area contributed by atoms with Crippen LogP contribution < -0.4 is 14.5 Å². The summed E-state index contributed by atoms with van der Waals surface area (Å²) in [5.41, 5.74) is -0.619. The second-order valence-electron chi connectivity index (χ2n) is 5.71. The average Bonchev–Trinajstić information content (AvgIpc) is 2.49. The van der Waals surface area contributed by atoms with E-state index in [2.05, 4.69) is 5.32 Å². The van der Waals surface area contributed by atoms with E-state index < -0.39 is 23.7 Å². The molecule has 0 aliphatic heterocycles. The molecule has 0 aliphatic carbocycles. The molecule has 0 spiro atoms. The Morgan fingerprint density at radius 3 is 2.26 bits per heavy atom. The Kier molecular flexibility index (Phi) is 7.39. The van der Waals surface area contributed by atoms with Crippen LogP contribution in [0.5, 0.6) is 5.75 Å². The SMILES string of the molecule is COC(=O)[C@H](C[Se]c1ccc(OC)cc1)NC(=O)OC(C)(C)C. The van der Waals surface area contributed by atoms with Crippen LogP contribution in [-0.2, 0) is 14.3 Å². The number of methoxy groups -OCH3 is 2. The average molecular weight is 388 g/mol. The Morgan fingerprint density at radius 1 is 1.17 bits per heavy atom. The topological polar surface area (TPSA) is 73.9 Å². The Labute approximate surface area is 143 Å². The summed E-state index contributed by atoms with van der Waals surface area (Å²) in [4.78, 5) is 23.7. The van der Waals surface area contributed by atoms with E-state index in [1.54, 1.807) is 27.9 Å². The van der Waals surface area contributed by atoms with Crippen molar-refractivity contribution < 1.29 is 23.8 Å². The first-order valence-corrected chi connectivity index (χ1v) is 9.16. The van der Waals surface area contributed by atoms with Gasteiger partial charge >= 0.3 is 143 Å². The molecule has 23 heavy (non-hydrogen) atoms. The van der Waals surface area contributed by atoms with Gasteiger partial charge in [0, 0.05) is 0 Å². The summed E-state index contributed by atoms with van der Waals surface area (Å²) < 4.78 is 16.1. The van der Waals surface area contributed by atoms with Crippen molar-refractivity contribution in [1.29, 1.82) is 0 Å². The number of esters is 1. The molecule has 0 unspecified atom stereocenters. The molecule has 1 aromatic rings. The first-order chi connectivity index (χ1) is 10.7. The van der Waals surface area contributed by atoms with Gasteiger partial charge in [0.1, 0.15) is 0 Å². The van der Waals surface area contributed by atoms with Crippen molar-refractivity contribution in [1.82, 2.24) is 5.32 Å². The number of rotatable bonds is 6. The van der Waals surface area contributed by atoms with E-state index in [1.165, 1.54) is 7.11 Å². The summed E-state index contributed by atoms with van der Waals surface area (Å²) in [5, 5.41) is 3.05. The first-order valence-electron chi connectivity index (χ1n) is 7.09. The van der Waals surface area contributed by atoms with Gasteiger partial charge in [0.25, 0.3) is 0 Å². The van der Waals surface area contributed by atoms with E-state index in [1.807, 2.05) is 24.3 Å². The number of nitrogens with one attached hydrogen (secondary N) is 1. The van der Waals surface area contributed by atoms with Crippen molar-refractivity contribution in [3.05, 3.63) is 24.3 Å². The Bertz CT molecular complexity index is 524. The van der Waals surface area contributed by atoms with Gasteiger partial charge in [-0.1, -0.05) is 0 Å². The van der Waals surface area contributed by atoms with Crippen molar-refractivity contribution in [2.75, 3.05) is 14.2 Å².